The van der Waals surface area contributed by atoms with E-state index in [1.165, 1.54) is 24.9 Å². The summed E-state index contributed by atoms with van der Waals surface area (Å²) in [5.74, 6) is 0. The average Bonchev–Trinajstić information content (AvgIpc) is 2.72. The fourth-order valence-electron chi connectivity index (χ4n) is 3.11. The van der Waals surface area contributed by atoms with Gasteiger partial charge < -0.3 is 10.6 Å². The van der Waals surface area contributed by atoms with Gasteiger partial charge in [-0.1, -0.05) is 6.92 Å². The van der Waals surface area contributed by atoms with Crippen LogP contribution in [-0.2, 0) is 7.05 Å². The molecule has 0 aliphatic carbocycles. The molecule has 5 heteroatoms. The summed E-state index contributed by atoms with van der Waals surface area (Å²) in [4.78, 5) is 5.02. The third kappa shape index (κ3) is 3.35. The van der Waals surface area contributed by atoms with E-state index in [-0.39, 0.29) is 0 Å². The molecule has 2 rings (SSSR count). The molecule has 1 aromatic heterocycles. The van der Waals surface area contributed by atoms with Crippen LogP contribution in [0, 0.1) is 0 Å². The summed E-state index contributed by atoms with van der Waals surface area (Å²) in [7, 11) is 4.18. The Balaban J connectivity index is 2.19. The molecule has 0 bridgehead atoms. The van der Waals surface area contributed by atoms with Crippen molar-refractivity contribution in [2.45, 2.75) is 31.8 Å². The van der Waals surface area contributed by atoms with Crippen LogP contribution in [0.15, 0.2) is 12.4 Å². The monoisotopic (exact) mass is 265 g/mol. The first kappa shape index (κ1) is 14.5. The second-order valence-electron chi connectivity index (χ2n) is 5.61. The highest BCUT2D eigenvalue weighted by Gasteiger charge is 2.29. The van der Waals surface area contributed by atoms with E-state index in [0.717, 1.165) is 13.1 Å². The van der Waals surface area contributed by atoms with Crippen molar-refractivity contribution in [2.24, 2.45) is 12.8 Å². The average molecular weight is 265 g/mol. The molecule has 0 radical (unpaired) electrons. The summed E-state index contributed by atoms with van der Waals surface area (Å²) in [5, 5.41) is 4.29. The molecule has 1 aliphatic heterocycles. The van der Waals surface area contributed by atoms with Gasteiger partial charge in [-0.15, -0.1) is 0 Å². The molecule has 108 valence electrons. The van der Waals surface area contributed by atoms with E-state index in [0.29, 0.717) is 18.6 Å². The molecule has 19 heavy (non-hydrogen) atoms. The lowest BCUT2D eigenvalue weighted by Gasteiger charge is -2.36. The lowest BCUT2D eigenvalue weighted by atomic mass is 10.1. The maximum atomic E-state index is 6.06. The second-order valence-corrected chi connectivity index (χ2v) is 5.61. The number of hydrogen-bond donors (Lipinski definition) is 1. The number of hydrogen-bond acceptors (Lipinski definition) is 4. The molecule has 2 atom stereocenters. The van der Waals surface area contributed by atoms with E-state index < -0.39 is 0 Å². The van der Waals surface area contributed by atoms with Crippen LogP contribution in [0.3, 0.4) is 0 Å². The van der Waals surface area contributed by atoms with Crippen LogP contribution in [-0.4, -0.2) is 58.8 Å². The van der Waals surface area contributed by atoms with Crippen molar-refractivity contribution in [1.82, 2.24) is 19.6 Å². The summed E-state index contributed by atoms with van der Waals surface area (Å²) in [5.41, 5.74) is 7.30. The van der Waals surface area contributed by atoms with E-state index in [1.54, 1.807) is 0 Å². The number of aromatic nitrogens is 2. The second kappa shape index (κ2) is 6.50. The SMILES string of the molecule is CCC1CN(C)CCCN1C(CN)c1cnn(C)c1. The first-order valence-electron chi connectivity index (χ1n) is 7.28. The van der Waals surface area contributed by atoms with Gasteiger partial charge in [-0.25, -0.2) is 0 Å². The summed E-state index contributed by atoms with van der Waals surface area (Å²) in [6.07, 6.45) is 6.43. The van der Waals surface area contributed by atoms with Crippen molar-refractivity contribution in [3.63, 3.8) is 0 Å². The van der Waals surface area contributed by atoms with Crippen LogP contribution in [0.5, 0.6) is 0 Å². The van der Waals surface area contributed by atoms with Crippen molar-refractivity contribution < 1.29 is 0 Å². The van der Waals surface area contributed by atoms with Gasteiger partial charge in [-0.3, -0.25) is 9.58 Å². The van der Waals surface area contributed by atoms with Gasteiger partial charge in [0.2, 0.25) is 0 Å². The maximum Gasteiger partial charge on any atom is 0.0538 e. The molecule has 2 unspecified atom stereocenters. The highest BCUT2D eigenvalue weighted by Crippen LogP contribution is 2.25. The Morgan fingerprint density at radius 1 is 1.42 bits per heavy atom. The number of nitrogens with zero attached hydrogens (tertiary/aromatic N) is 4. The molecular weight excluding hydrogens is 238 g/mol. The third-order valence-electron chi connectivity index (χ3n) is 4.15. The summed E-state index contributed by atoms with van der Waals surface area (Å²) >= 11 is 0. The minimum absolute atomic E-state index is 0.296. The summed E-state index contributed by atoms with van der Waals surface area (Å²) in [6.45, 7) is 6.36. The third-order valence-corrected chi connectivity index (χ3v) is 4.15. The van der Waals surface area contributed by atoms with Gasteiger partial charge in [0.05, 0.1) is 12.2 Å². The molecule has 1 aromatic rings. The Bertz CT molecular complexity index is 389. The van der Waals surface area contributed by atoms with Crippen LogP contribution in [0.25, 0.3) is 0 Å². The smallest absolute Gasteiger partial charge is 0.0538 e. The lowest BCUT2D eigenvalue weighted by Crippen LogP contribution is -2.44. The topological polar surface area (TPSA) is 50.3 Å². The molecular formula is C14H27N5. The predicted molar refractivity (Wildman–Crippen MR) is 77.9 cm³/mol. The molecule has 0 aromatic carbocycles. The van der Waals surface area contributed by atoms with Gasteiger partial charge in [0.25, 0.3) is 0 Å². The van der Waals surface area contributed by atoms with E-state index >= 15 is 0 Å². The standard InChI is InChI=1S/C14H27N5/c1-4-13-11-17(2)6-5-7-19(13)14(8-15)12-9-16-18(3)10-12/h9-10,13-14H,4-8,11,15H2,1-3H3. The molecule has 0 saturated carbocycles. The highest BCUT2D eigenvalue weighted by atomic mass is 15.3. The van der Waals surface area contributed by atoms with Gasteiger partial charge in [-0.2, -0.15) is 5.10 Å². The Kier molecular flexibility index (Phi) is 4.96. The van der Waals surface area contributed by atoms with Crippen LogP contribution < -0.4 is 5.73 Å². The number of likely N-dealkylation sites (N-methyl/N-ethyl adjacent to an activating group) is 1. The minimum Gasteiger partial charge on any atom is -0.329 e. The lowest BCUT2D eigenvalue weighted by molar-refractivity contribution is 0.131. The number of rotatable bonds is 4. The maximum absolute atomic E-state index is 6.06. The Morgan fingerprint density at radius 2 is 2.21 bits per heavy atom. The molecule has 1 saturated heterocycles. The van der Waals surface area contributed by atoms with Crippen molar-refractivity contribution in [3.8, 4) is 0 Å². The van der Waals surface area contributed by atoms with Gasteiger partial charge in [-0.05, 0) is 26.4 Å². The van der Waals surface area contributed by atoms with Gasteiger partial charge in [0.1, 0.15) is 0 Å². The number of nitrogens with two attached hydrogens (primary N) is 1. The molecule has 1 aliphatic rings. The zero-order valence-electron chi connectivity index (χ0n) is 12.4. The first-order chi connectivity index (χ1) is 9.15. The van der Waals surface area contributed by atoms with Crippen molar-refractivity contribution in [3.05, 3.63) is 18.0 Å². The fraction of sp³-hybridized carbons (Fsp3) is 0.786. The fourth-order valence-corrected chi connectivity index (χ4v) is 3.11. The number of aryl methyl sites for hydroxylation is 1. The van der Waals surface area contributed by atoms with Crippen molar-refractivity contribution in [2.75, 3.05) is 33.2 Å². The van der Waals surface area contributed by atoms with Gasteiger partial charge in [0.15, 0.2) is 0 Å². The molecule has 0 spiro atoms. The highest BCUT2D eigenvalue weighted by molar-refractivity contribution is 5.12. The zero-order valence-corrected chi connectivity index (χ0v) is 12.4. The largest absolute Gasteiger partial charge is 0.329 e. The Morgan fingerprint density at radius 3 is 2.79 bits per heavy atom. The summed E-state index contributed by atoms with van der Waals surface area (Å²) < 4.78 is 1.86. The minimum atomic E-state index is 0.296. The van der Waals surface area contributed by atoms with Gasteiger partial charge in [0, 0.05) is 44.5 Å². The van der Waals surface area contributed by atoms with Crippen LogP contribution in [0.4, 0.5) is 0 Å². The molecule has 2 heterocycles. The van der Waals surface area contributed by atoms with Crippen LogP contribution in [0.2, 0.25) is 0 Å². The Labute approximate surface area is 116 Å². The molecule has 0 amide bonds. The van der Waals surface area contributed by atoms with Crippen LogP contribution >= 0.6 is 0 Å². The van der Waals surface area contributed by atoms with E-state index in [2.05, 4.69) is 35.1 Å². The first-order valence-corrected chi connectivity index (χ1v) is 7.28. The predicted octanol–water partition coefficient (Wildman–Crippen LogP) is 0.836. The summed E-state index contributed by atoms with van der Waals surface area (Å²) in [6, 6.07) is 0.881. The molecule has 2 N–H and O–H groups in total. The Hall–Kier alpha value is -0.910. The van der Waals surface area contributed by atoms with E-state index in [4.69, 9.17) is 5.73 Å². The van der Waals surface area contributed by atoms with E-state index in [1.807, 2.05) is 17.9 Å². The molecule has 1 fully saturated rings. The molecule has 5 nitrogen and oxygen atoms in total. The van der Waals surface area contributed by atoms with Crippen LogP contribution in [0.1, 0.15) is 31.4 Å². The quantitative estimate of drug-likeness (QED) is 0.876. The van der Waals surface area contributed by atoms with Gasteiger partial charge >= 0.3 is 0 Å². The van der Waals surface area contributed by atoms with E-state index in [9.17, 15) is 0 Å². The van der Waals surface area contributed by atoms with Crippen molar-refractivity contribution in [1.29, 1.82) is 0 Å². The normalized spacial score (nSPS) is 24.3. The van der Waals surface area contributed by atoms with Crippen molar-refractivity contribution >= 4 is 0 Å². The zero-order chi connectivity index (χ0) is 13.8.